The summed E-state index contributed by atoms with van der Waals surface area (Å²) in [4.78, 5) is 4.55. The van der Waals surface area contributed by atoms with E-state index in [4.69, 9.17) is 0 Å². The monoisotopic (exact) mass is 186 g/mol. The molecule has 0 aromatic heterocycles. The van der Waals surface area contributed by atoms with E-state index in [0.29, 0.717) is 0 Å². The number of allylic oxidation sites excluding steroid dienone is 6. The van der Waals surface area contributed by atoms with Crippen LogP contribution in [0.4, 0.5) is 0 Å². The maximum absolute atomic E-state index is 4.55. The largest absolute Gasteiger partial charge is 0.252 e. The first kappa shape index (κ1) is 9.45. The molecule has 2 rings (SSSR count). The summed E-state index contributed by atoms with van der Waals surface area (Å²) < 4.78 is 0. The van der Waals surface area contributed by atoms with Crippen molar-refractivity contribution < 1.29 is 0 Å². The third-order valence-electron chi connectivity index (χ3n) is 2.85. The average molecular weight is 186 g/mol. The Morgan fingerprint density at radius 1 is 1.14 bits per heavy atom. The maximum atomic E-state index is 4.55. The van der Waals surface area contributed by atoms with Gasteiger partial charge in [-0.05, 0) is 36.5 Å². The highest BCUT2D eigenvalue weighted by atomic mass is 14.8. The van der Waals surface area contributed by atoms with Crippen LogP contribution < -0.4 is 0 Å². The summed E-state index contributed by atoms with van der Waals surface area (Å²) in [5.41, 5.74) is 6.42. The molecule has 0 atom stereocenters. The molecule has 1 aliphatic heterocycles. The third-order valence-corrected chi connectivity index (χ3v) is 2.85. The fourth-order valence-corrected chi connectivity index (χ4v) is 2.07. The van der Waals surface area contributed by atoms with Gasteiger partial charge in [-0.2, -0.15) is 0 Å². The van der Waals surface area contributed by atoms with Gasteiger partial charge in [-0.25, -0.2) is 0 Å². The Hall–Kier alpha value is -1.11. The topological polar surface area (TPSA) is 12.4 Å². The number of rotatable bonds is 3. The molecule has 0 saturated heterocycles. The van der Waals surface area contributed by atoms with Crippen molar-refractivity contribution in [3.63, 3.8) is 0 Å². The van der Waals surface area contributed by atoms with Crippen LogP contribution in [0.5, 0.6) is 0 Å². The van der Waals surface area contributed by atoms with E-state index in [1.807, 2.05) is 0 Å². The second-order valence-electron chi connectivity index (χ2n) is 3.65. The van der Waals surface area contributed by atoms with Gasteiger partial charge in [-0.1, -0.05) is 20.8 Å². The van der Waals surface area contributed by atoms with Gasteiger partial charge in [0.2, 0.25) is 0 Å². The van der Waals surface area contributed by atoms with Crippen LogP contribution in [0.3, 0.4) is 0 Å². The van der Waals surface area contributed by atoms with Gasteiger partial charge in [0.1, 0.15) is 0 Å². The molecular formula is C13H16N. The molecule has 1 heterocycles. The lowest BCUT2D eigenvalue weighted by Gasteiger charge is -2.03. The van der Waals surface area contributed by atoms with Gasteiger partial charge in [0.15, 0.2) is 0 Å². The zero-order valence-corrected chi connectivity index (χ0v) is 9.15. The molecule has 1 radical (unpaired) electrons. The highest BCUT2D eigenvalue weighted by molar-refractivity contribution is 6.16. The second kappa shape index (κ2) is 3.56. The summed E-state index contributed by atoms with van der Waals surface area (Å²) in [7, 11) is 0. The minimum absolute atomic E-state index is 0.985. The average Bonchev–Trinajstić information content (AvgIpc) is 2.72. The first-order valence-electron chi connectivity index (χ1n) is 5.46. The van der Waals surface area contributed by atoms with Crippen LogP contribution in [0.25, 0.3) is 0 Å². The van der Waals surface area contributed by atoms with E-state index >= 15 is 0 Å². The Kier molecular flexibility index (Phi) is 2.40. The summed E-state index contributed by atoms with van der Waals surface area (Å²) in [5.74, 6) is 0. The van der Waals surface area contributed by atoms with E-state index in [9.17, 15) is 0 Å². The molecule has 73 valence electrons. The van der Waals surface area contributed by atoms with Crippen molar-refractivity contribution in [2.24, 2.45) is 4.99 Å². The van der Waals surface area contributed by atoms with E-state index in [2.05, 4.69) is 37.9 Å². The molecule has 14 heavy (non-hydrogen) atoms. The van der Waals surface area contributed by atoms with E-state index in [1.165, 1.54) is 16.7 Å². The minimum atomic E-state index is 0.985. The number of hydrogen-bond acceptors (Lipinski definition) is 1. The summed E-state index contributed by atoms with van der Waals surface area (Å²) in [6, 6.07) is 0. The molecule has 0 saturated carbocycles. The summed E-state index contributed by atoms with van der Waals surface area (Å²) in [6.45, 7) is 6.54. The van der Waals surface area contributed by atoms with Gasteiger partial charge in [0, 0.05) is 17.3 Å². The molecule has 1 nitrogen and oxygen atoms in total. The fourth-order valence-electron chi connectivity index (χ4n) is 2.07. The molecule has 1 aliphatic carbocycles. The second-order valence-corrected chi connectivity index (χ2v) is 3.65. The molecule has 0 aromatic carbocycles. The quantitative estimate of drug-likeness (QED) is 0.638. The highest BCUT2D eigenvalue weighted by Crippen LogP contribution is 2.34. The summed E-state index contributed by atoms with van der Waals surface area (Å²) in [6.07, 6.45) is 8.82. The number of nitrogens with zero attached hydrogens (tertiary/aromatic N) is 1. The minimum Gasteiger partial charge on any atom is -0.252 e. The normalized spacial score (nSPS) is 19.5. The molecular weight excluding hydrogens is 170 g/mol. The van der Waals surface area contributed by atoms with Gasteiger partial charge < -0.3 is 0 Å². The first-order chi connectivity index (χ1) is 6.80. The third kappa shape index (κ3) is 1.28. The van der Waals surface area contributed by atoms with Crippen molar-refractivity contribution in [1.29, 1.82) is 0 Å². The zero-order chi connectivity index (χ0) is 10.1. The first-order valence-corrected chi connectivity index (χ1v) is 5.46. The van der Waals surface area contributed by atoms with Crippen LogP contribution in [-0.2, 0) is 0 Å². The molecule has 1 heteroatoms. The van der Waals surface area contributed by atoms with Crippen molar-refractivity contribution >= 4 is 5.71 Å². The van der Waals surface area contributed by atoms with Crippen molar-refractivity contribution in [2.75, 3.05) is 0 Å². The molecule has 0 bridgehead atoms. The van der Waals surface area contributed by atoms with E-state index in [0.717, 1.165) is 30.7 Å². The smallest absolute Gasteiger partial charge is 0.0718 e. The van der Waals surface area contributed by atoms with Gasteiger partial charge in [0.05, 0.1) is 5.71 Å². The number of aliphatic imine (C=N–C) groups is 1. The van der Waals surface area contributed by atoms with Crippen LogP contribution >= 0.6 is 0 Å². The van der Waals surface area contributed by atoms with Crippen LogP contribution in [0, 0.1) is 6.08 Å². The Morgan fingerprint density at radius 3 is 2.50 bits per heavy atom. The molecule has 0 fully saturated rings. The molecule has 2 aliphatic rings. The highest BCUT2D eigenvalue weighted by Gasteiger charge is 2.23. The molecule has 0 spiro atoms. The van der Waals surface area contributed by atoms with E-state index in [1.54, 1.807) is 0 Å². The van der Waals surface area contributed by atoms with Crippen molar-refractivity contribution in [3.05, 3.63) is 34.6 Å². The standard InChI is InChI=1S/C13H16N/c1-4-9-7-13-12(11(9)6-3)8-10(5-2)14-13/h7H,4-6H2,1-3H3. The fraction of sp³-hybridized carbons (Fsp3) is 0.462. The van der Waals surface area contributed by atoms with Crippen molar-refractivity contribution in [2.45, 2.75) is 40.0 Å². The maximum Gasteiger partial charge on any atom is 0.0718 e. The van der Waals surface area contributed by atoms with Gasteiger partial charge in [0.25, 0.3) is 0 Å². The Morgan fingerprint density at radius 2 is 1.93 bits per heavy atom. The SMILES string of the molecule is CCC1=[C]C2=C(CC)C(CC)=CC2=N1. The number of fused-ring (bicyclic) bond motifs is 1. The van der Waals surface area contributed by atoms with Gasteiger partial charge in [-0.3, -0.25) is 4.99 Å². The molecule has 0 unspecified atom stereocenters. The van der Waals surface area contributed by atoms with Gasteiger partial charge >= 0.3 is 0 Å². The lowest BCUT2D eigenvalue weighted by Crippen LogP contribution is -1.89. The van der Waals surface area contributed by atoms with Crippen LogP contribution in [0.1, 0.15) is 40.0 Å². The number of hydrogen-bond donors (Lipinski definition) is 0. The Bertz CT molecular complexity index is 378. The lowest BCUT2D eigenvalue weighted by atomic mass is 10.0. The molecule has 0 amide bonds. The Labute approximate surface area is 85.9 Å². The van der Waals surface area contributed by atoms with Crippen molar-refractivity contribution in [1.82, 2.24) is 0 Å². The Balaban J connectivity index is 2.42. The summed E-state index contributed by atoms with van der Waals surface area (Å²) in [5, 5.41) is 0. The molecule has 0 N–H and O–H groups in total. The van der Waals surface area contributed by atoms with E-state index in [-0.39, 0.29) is 0 Å². The van der Waals surface area contributed by atoms with Crippen LogP contribution in [0.15, 0.2) is 33.5 Å². The predicted octanol–water partition coefficient (Wildman–Crippen LogP) is 3.59. The molecule has 0 aromatic rings. The predicted molar refractivity (Wildman–Crippen MR) is 60.2 cm³/mol. The van der Waals surface area contributed by atoms with Gasteiger partial charge in [-0.15, -0.1) is 0 Å². The zero-order valence-electron chi connectivity index (χ0n) is 9.15. The summed E-state index contributed by atoms with van der Waals surface area (Å²) >= 11 is 0. The van der Waals surface area contributed by atoms with Crippen molar-refractivity contribution in [3.8, 4) is 0 Å². The van der Waals surface area contributed by atoms with Crippen LogP contribution in [-0.4, -0.2) is 5.71 Å². The van der Waals surface area contributed by atoms with Crippen LogP contribution in [0.2, 0.25) is 0 Å². The lowest BCUT2D eigenvalue weighted by molar-refractivity contribution is 1.02. The van der Waals surface area contributed by atoms with E-state index < -0.39 is 0 Å².